The minimum Gasteiger partial charge on any atom is -0.361 e. The van der Waals surface area contributed by atoms with Gasteiger partial charge in [-0.2, -0.15) is 0 Å². The lowest BCUT2D eigenvalue weighted by molar-refractivity contribution is 0.225. The molecule has 1 atom stereocenters. The second-order valence-corrected chi connectivity index (χ2v) is 3.95. The molecule has 2 nitrogen and oxygen atoms in total. The van der Waals surface area contributed by atoms with Gasteiger partial charge in [-0.15, -0.1) is 0 Å². The van der Waals surface area contributed by atoms with Crippen molar-refractivity contribution >= 4 is 0 Å². The smallest absolute Gasteiger partial charge is 0.0666 e. The van der Waals surface area contributed by atoms with Crippen LogP contribution in [0.1, 0.15) is 18.7 Å². The van der Waals surface area contributed by atoms with E-state index in [0.29, 0.717) is 6.04 Å². The highest BCUT2D eigenvalue weighted by atomic mass is 15.2. The maximum atomic E-state index is 2.47. The minimum absolute atomic E-state index is 0.509. The molecule has 1 aromatic rings. The van der Waals surface area contributed by atoms with Gasteiger partial charge in [0.05, 0.1) is 6.04 Å². The Labute approximate surface area is 84.1 Å². The van der Waals surface area contributed by atoms with Gasteiger partial charge in [-0.3, -0.25) is 0 Å². The van der Waals surface area contributed by atoms with Gasteiger partial charge in [0.25, 0.3) is 0 Å². The van der Waals surface area contributed by atoms with E-state index in [1.54, 1.807) is 0 Å². The monoisotopic (exact) mass is 186 g/mol. The minimum atomic E-state index is 0.509. The Morgan fingerprint density at radius 1 is 1.36 bits per heavy atom. The zero-order valence-corrected chi connectivity index (χ0v) is 8.35. The average molecular weight is 186 g/mol. The summed E-state index contributed by atoms with van der Waals surface area (Å²) in [5.41, 5.74) is 2.81. The van der Waals surface area contributed by atoms with Crippen LogP contribution in [0.5, 0.6) is 0 Å². The Bertz CT molecular complexity index is 412. The first-order chi connectivity index (χ1) is 6.86. The molecule has 72 valence electrons. The van der Waals surface area contributed by atoms with Gasteiger partial charge in [0.15, 0.2) is 0 Å². The average Bonchev–Trinajstić information content (AvgIpc) is 2.55. The van der Waals surface area contributed by atoms with Gasteiger partial charge >= 0.3 is 0 Å². The highest BCUT2D eigenvalue weighted by molar-refractivity contribution is 5.35. The van der Waals surface area contributed by atoms with E-state index < -0.39 is 0 Å². The van der Waals surface area contributed by atoms with Gasteiger partial charge in [-0.25, -0.2) is 0 Å². The predicted octanol–water partition coefficient (Wildman–Crippen LogP) is 2.32. The third-order valence-corrected chi connectivity index (χ3v) is 3.21. The summed E-state index contributed by atoms with van der Waals surface area (Å²) in [6, 6.07) is 4.87. The topological polar surface area (TPSA) is 8.17 Å². The van der Waals surface area contributed by atoms with Crippen molar-refractivity contribution in [1.29, 1.82) is 0 Å². The number of fused-ring (bicyclic) bond motifs is 1. The molecule has 0 N–H and O–H groups in total. The molecule has 1 aromatic heterocycles. The number of hydrogen-bond donors (Lipinski definition) is 0. The van der Waals surface area contributed by atoms with Gasteiger partial charge in [0.2, 0.25) is 0 Å². The summed E-state index contributed by atoms with van der Waals surface area (Å²) in [6.07, 6.45) is 8.66. The normalized spacial score (nSPS) is 24.2. The van der Waals surface area contributed by atoms with Crippen molar-refractivity contribution in [3.63, 3.8) is 0 Å². The van der Waals surface area contributed by atoms with Crippen molar-refractivity contribution in [2.75, 3.05) is 6.54 Å². The van der Waals surface area contributed by atoms with E-state index in [1.165, 1.54) is 11.4 Å². The van der Waals surface area contributed by atoms with Crippen molar-refractivity contribution < 1.29 is 0 Å². The van der Waals surface area contributed by atoms with Crippen molar-refractivity contribution in [3.05, 3.63) is 47.9 Å². The first kappa shape index (κ1) is 7.92. The third kappa shape index (κ3) is 0.969. The fourth-order valence-corrected chi connectivity index (χ4v) is 2.31. The molecular formula is C12H14N2. The summed E-state index contributed by atoms with van der Waals surface area (Å²) in [5, 5.41) is 0. The molecule has 0 aromatic carbocycles. The van der Waals surface area contributed by atoms with Crippen molar-refractivity contribution in [3.8, 4) is 0 Å². The second-order valence-electron chi connectivity index (χ2n) is 3.95. The molecule has 2 heteroatoms. The first-order valence-corrected chi connectivity index (χ1v) is 5.16. The summed E-state index contributed by atoms with van der Waals surface area (Å²) in [5.74, 6) is 0. The van der Waals surface area contributed by atoms with Crippen LogP contribution in [0.2, 0.25) is 0 Å². The first-order valence-electron chi connectivity index (χ1n) is 5.16. The van der Waals surface area contributed by atoms with Crippen LogP contribution in [0.25, 0.3) is 0 Å². The largest absolute Gasteiger partial charge is 0.361 e. The molecule has 1 aliphatic carbocycles. The summed E-state index contributed by atoms with van der Waals surface area (Å²) < 4.78 is 2.35. The summed E-state index contributed by atoms with van der Waals surface area (Å²) in [4.78, 5) is 2.47. The molecule has 3 rings (SSSR count). The van der Waals surface area contributed by atoms with E-state index in [2.05, 4.69) is 52.9 Å². The van der Waals surface area contributed by atoms with E-state index in [4.69, 9.17) is 0 Å². The maximum Gasteiger partial charge on any atom is 0.0666 e. The van der Waals surface area contributed by atoms with Gasteiger partial charge in [0, 0.05) is 30.7 Å². The molecular weight excluding hydrogens is 172 g/mol. The van der Waals surface area contributed by atoms with Gasteiger partial charge in [-0.05, 0) is 31.2 Å². The number of nitrogens with zero attached hydrogens (tertiary/aromatic N) is 2. The van der Waals surface area contributed by atoms with Gasteiger partial charge < -0.3 is 9.47 Å². The van der Waals surface area contributed by atoms with E-state index in [0.717, 1.165) is 13.1 Å². The van der Waals surface area contributed by atoms with Crippen LogP contribution >= 0.6 is 0 Å². The maximum absolute atomic E-state index is 2.47. The quantitative estimate of drug-likeness (QED) is 0.653. The zero-order chi connectivity index (χ0) is 9.54. The van der Waals surface area contributed by atoms with Crippen LogP contribution in [-0.4, -0.2) is 16.0 Å². The van der Waals surface area contributed by atoms with E-state index in [9.17, 15) is 0 Å². The standard InChI is InChI=1S/C12H14N2/c1-10-12-6-3-7-13(12)8-9-14(10)11-4-2-5-11/h2-7,10H,8-9H2,1H3. The number of aromatic nitrogens is 1. The Morgan fingerprint density at radius 2 is 2.21 bits per heavy atom. The van der Waals surface area contributed by atoms with Crippen LogP contribution in [0, 0.1) is 0 Å². The third-order valence-electron chi connectivity index (χ3n) is 3.21. The van der Waals surface area contributed by atoms with Crippen LogP contribution in [0.4, 0.5) is 0 Å². The molecule has 2 heterocycles. The van der Waals surface area contributed by atoms with Crippen LogP contribution in [0.3, 0.4) is 0 Å². The Kier molecular flexibility index (Phi) is 1.57. The second kappa shape index (κ2) is 2.77. The van der Waals surface area contributed by atoms with E-state index in [1.807, 2.05) is 0 Å². The summed E-state index contributed by atoms with van der Waals surface area (Å²) >= 11 is 0. The highest BCUT2D eigenvalue weighted by Crippen LogP contribution is 2.30. The lowest BCUT2D eigenvalue weighted by Gasteiger charge is -2.38. The van der Waals surface area contributed by atoms with Crippen molar-refractivity contribution in [2.45, 2.75) is 19.5 Å². The predicted molar refractivity (Wildman–Crippen MR) is 56.8 cm³/mol. The fraction of sp³-hybridized carbons (Fsp3) is 0.333. The molecule has 0 amide bonds. The fourth-order valence-electron chi connectivity index (χ4n) is 2.31. The van der Waals surface area contributed by atoms with Gasteiger partial charge in [-0.1, -0.05) is 6.08 Å². The lowest BCUT2D eigenvalue weighted by Crippen LogP contribution is -2.36. The number of allylic oxidation sites excluding steroid dienone is 3. The van der Waals surface area contributed by atoms with Crippen LogP contribution in [0.15, 0.2) is 42.3 Å². The lowest BCUT2D eigenvalue weighted by atomic mass is 10.1. The highest BCUT2D eigenvalue weighted by Gasteiger charge is 2.24. The molecule has 1 unspecified atom stereocenters. The molecule has 2 aliphatic rings. The molecule has 1 aliphatic heterocycles. The Balaban J connectivity index is 1.93. The number of rotatable bonds is 1. The Hall–Kier alpha value is -1.44. The SMILES string of the molecule is CC1c2cccn2CCN1C1=CC=C1. The number of hydrogen-bond acceptors (Lipinski definition) is 1. The Morgan fingerprint density at radius 3 is 2.93 bits per heavy atom. The molecule has 0 radical (unpaired) electrons. The molecule has 0 spiro atoms. The molecule has 0 saturated carbocycles. The van der Waals surface area contributed by atoms with Crippen molar-refractivity contribution in [1.82, 2.24) is 9.47 Å². The summed E-state index contributed by atoms with van der Waals surface area (Å²) in [7, 11) is 0. The molecule has 0 saturated heterocycles. The van der Waals surface area contributed by atoms with Crippen LogP contribution in [-0.2, 0) is 6.54 Å². The van der Waals surface area contributed by atoms with Gasteiger partial charge in [0.1, 0.15) is 0 Å². The van der Waals surface area contributed by atoms with Crippen LogP contribution < -0.4 is 0 Å². The zero-order valence-electron chi connectivity index (χ0n) is 8.35. The van der Waals surface area contributed by atoms with E-state index in [-0.39, 0.29) is 0 Å². The van der Waals surface area contributed by atoms with Crippen molar-refractivity contribution in [2.24, 2.45) is 0 Å². The summed E-state index contributed by atoms with van der Waals surface area (Å²) in [6.45, 7) is 4.51. The molecule has 0 bridgehead atoms. The molecule has 0 fully saturated rings. The molecule has 14 heavy (non-hydrogen) atoms. The van der Waals surface area contributed by atoms with E-state index >= 15 is 0 Å².